The first kappa shape index (κ1) is 18.1. The van der Waals surface area contributed by atoms with Crippen molar-refractivity contribution in [3.63, 3.8) is 0 Å². The molecule has 1 aliphatic rings. The number of aromatic nitrogens is 1. The predicted octanol–water partition coefficient (Wildman–Crippen LogP) is 2.32. The molecular weight excluding hydrogens is 352 g/mol. The largest absolute Gasteiger partial charge is 0.309 e. The Balaban J connectivity index is 1.89. The van der Waals surface area contributed by atoms with Gasteiger partial charge in [-0.05, 0) is 30.7 Å². The van der Waals surface area contributed by atoms with E-state index in [-0.39, 0.29) is 16.6 Å². The molecule has 1 atom stereocenters. The van der Waals surface area contributed by atoms with Crippen molar-refractivity contribution in [2.24, 2.45) is 4.99 Å². The van der Waals surface area contributed by atoms with E-state index in [4.69, 9.17) is 0 Å². The number of unbranched alkanes of at least 4 members (excludes halogenated alkanes) is 1. The summed E-state index contributed by atoms with van der Waals surface area (Å²) in [6.07, 6.45) is 3.80. The standard InChI is InChI=1S/C18H20N4O3S/c1-2-3-9-14(18(23)21-16-11-6-7-12-19-16)20-17-13-8-4-5-10-15(13)26(24,25)22-17/h4-8,10-12,14H,2-3,9H2,1H3,(H,20,22)(H,19,21,23). The number of sulfonamides is 1. The van der Waals surface area contributed by atoms with E-state index in [1.165, 1.54) is 6.07 Å². The van der Waals surface area contributed by atoms with Crippen molar-refractivity contribution in [1.82, 2.24) is 9.71 Å². The van der Waals surface area contributed by atoms with E-state index in [0.29, 0.717) is 17.8 Å². The number of benzene rings is 1. The Morgan fingerprint density at radius 3 is 2.73 bits per heavy atom. The van der Waals surface area contributed by atoms with Gasteiger partial charge in [0.05, 0.1) is 4.90 Å². The maximum absolute atomic E-state index is 12.6. The van der Waals surface area contributed by atoms with Crippen molar-refractivity contribution in [1.29, 1.82) is 0 Å². The monoisotopic (exact) mass is 372 g/mol. The molecule has 26 heavy (non-hydrogen) atoms. The second-order valence-electron chi connectivity index (χ2n) is 5.94. The van der Waals surface area contributed by atoms with Crippen LogP contribution < -0.4 is 10.0 Å². The van der Waals surface area contributed by atoms with Crippen LogP contribution in [0.3, 0.4) is 0 Å². The lowest BCUT2D eigenvalue weighted by molar-refractivity contribution is -0.117. The molecule has 0 bridgehead atoms. The number of rotatable bonds is 6. The molecule has 1 amide bonds. The van der Waals surface area contributed by atoms with Crippen LogP contribution in [0.15, 0.2) is 58.5 Å². The van der Waals surface area contributed by atoms with Crippen LogP contribution in [0.2, 0.25) is 0 Å². The van der Waals surface area contributed by atoms with E-state index in [0.717, 1.165) is 12.8 Å². The highest BCUT2D eigenvalue weighted by atomic mass is 32.2. The number of hydrogen-bond donors (Lipinski definition) is 2. The molecule has 1 aromatic heterocycles. The minimum Gasteiger partial charge on any atom is -0.309 e. The number of pyridine rings is 1. The summed E-state index contributed by atoms with van der Waals surface area (Å²) in [5.74, 6) is 0.331. The molecule has 0 fully saturated rings. The summed E-state index contributed by atoms with van der Waals surface area (Å²) in [7, 11) is -3.63. The van der Waals surface area contributed by atoms with Crippen LogP contribution in [0.4, 0.5) is 5.82 Å². The Bertz CT molecular complexity index is 926. The summed E-state index contributed by atoms with van der Waals surface area (Å²) >= 11 is 0. The molecule has 0 saturated heterocycles. The molecule has 1 unspecified atom stereocenters. The number of amidine groups is 1. The zero-order valence-corrected chi connectivity index (χ0v) is 15.2. The van der Waals surface area contributed by atoms with Crippen LogP contribution in [-0.4, -0.2) is 31.2 Å². The van der Waals surface area contributed by atoms with Gasteiger partial charge in [-0.2, -0.15) is 0 Å². The number of aliphatic imine (C=N–C) groups is 1. The number of carbonyl (C=O) groups excluding carboxylic acids is 1. The van der Waals surface area contributed by atoms with Gasteiger partial charge in [0.1, 0.15) is 17.7 Å². The van der Waals surface area contributed by atoms with Crippen molar-refractivity contribution in [3.8, 4) is 0 Å². The zero-order chi connectivity index (χ0) is 18.6. The summed E-state index contributed by atoms with van der Waals surface area (Å²) in [6, 6.07) is 11.1. The molecular formula is C18H20N4O3S. The van der Waals surface area contributed by atoms with Gasteiger partial charge in [0.2, 0.25) is 5.91 Å². The van der Waals surface area contributed by atoms with Gasteiger partial charge in [0.25, 0.3) is 10.0 Å². The van der Waals surface area contributed by atoms with E-state index >= 15 is 0 Å². The third kappa shape index (κ3) is 3.91. The zero-order valence-electron chi connectivity index (χ0n) is 14.3. The fourth-order valence-corrected chi connectivity index (χ4v) is 3.92. The van der Waals surface area contributed by atoms with E-state index in [9.17, 15) is 13.2 Å². The molecule has 8 heteroatoms. The highest BCUT2D eigenvalue weighted by molar-refractivity contribution is 7.90. The summed E-state index contributed by atoms with van der Waals surface area (Å²) < 4.78 is 26.9. The number of carbonyl (C=O) groups is 1. The molecule has 1 aliphatic heterocycles. The van der Waals surface area contributed by atoms with Crippen molar-refractivity contribution < 1.29 is 13.2 Å². The highest BCUT2D eigenvalue weighted by Gasteiger charge is 2.31. The molecule has 0 aliphatic carbocycles. The topological polar surface area (TPSA) is 101 Å². The number of amides is 1. The molecule has 7 nitrogen and oxygen atoms in total. The van der Waals surface area contributed by atoms with E-state index in [1.807, 2.05) is 6.92 Å². The number of fused-ring (bicyclic) bond motifs is 1. The Morgan fingerprint density at radius 2 is 2.00 bits per heavy atom. The Kier molecular flexibility index (Phi) is 5.32. The quantitative estimate of drug-likeness (QED) is 0.812. The molecule has 1 aromatic carbocycles. The summed E-state index contributed by atoms with van der Waals surface area (Å²) in [5.41, 5.74) is 0.486. The molecule has 2 aromatic rings. The maximum atomic E-state index is 12.6. The summed E-state index contributed by atoms with van der Waals surface area (Å²) in [6.45, 7) is 2.02. The van der Waals surface area contributed by atoms with E-state index < -0.39 is 16.1 Å². The highest BCUT2D eigenvalue weighted by Crippen LogP contribution is 2.23. The minimum absolute atomic E-state index is 0.179. The molecule has 0 saturated carbocycles. The van der Waals surface area contributed by atoms with Crippen molar-refractivity contribution in [3.05, 3.63) is 54.2 Å². The van der Waals surface area contributed by atoms with Gasteiger partial charge in [-0.1, -0.05) is 38.0 Å². The molecule has 2 N–H and O–H groups in total. The van der Waals surface area contributed by atoms with Gasteiger partial charge in [0.15, 0.2) is 0 Å². The second-order valence-corrected chi connectivity index (χ2v) is 7.59. The van der Waals surface area contributed by atoms with Gasteiger partial charge in [-0.25, -0.2) is 13.4 Å². The van der Waals surface area contributed by atoms with Gasteiger partial charge >= 0.3 is 0 Å². The fourth-order valence-electron chi connectivity index (χ4n) is 2.68. The number of nitrogens with zero attached hydrogens (tertiary/aromatic N) is 2. The molecule has 136 valence electrons. The Labute approximate surface area is 152 Å². The SMILES string of the molecule is CCCCC(N=C1NS(=O)(=O)c2ccccc21)C(=O)Nc1ccccn1. The predicted molar refractivity (Wildman–Crippen MR) is 99.5 cm³/mol. The van der Waals surface area contributed by atoms with Crippen LogP contribution in [0.1, 0.15) is 31.7 Å². The first-order valence-electron chi connectivity index (χ1n) is 8.43. The lowest BCUT2D eigenvalue weighted by Gasteiger charge is -2.13. The van der Waals surface area contributed by atoms with Crippen LogP contribution in [0.5, 0.6) is 0 Å². The first-order valence-corrected chi connectivity index (χ1v) is 9.91. The molecule has 2 heterocycles. The van der Waals surface area contributed by atoms with Gasteiger partial charge in [-0.3, -0.25) is 14.5 Å². The van der Waals surface area contributed by atoms with Crippen LogP contribution in [-0.2, 0) is 14.8 Å². The Morgan fingerprint density at radius 1 is 1.23 bits per heavy atom. The van der Waals surface area contributed by atoms with Crippen molar-refractivity contribution in [2.45, 2.75) is 37.1 Å². The molecule has 0 spiro atoms. The van der Waals surface area contributed by atoms with Crippen molar-refractivity contribution in [2.75, 3.05) is 5.32 Å². The van der Waals surface area contributed by atoms with Crippen LogP contribution >= 0.6 is 0 Å². The second kappa shape index (κ2) is 7.65. The lowest BCUT2D eigenvalue weighted by atomic mass is 10.1. The average molecular weight is 372 g/mol. The average Bonchev–Trinajstić information content (AvgIpc) is 2.90. The number of hydrogen-bond acceptors (Lipinski definition) is 5. The fraction of sp³-hybridized carbons (Fsp3) is 0.278. The molecule has 0 radical (unpaired) electrons. The minimum atomic E-state index is -3.63. The van der Waals surface area contributed by atoms with E-state index in [1.54, 1.807) is 42.6 Å². The van der Waals surface area contributed by atoms with Gasteiger partial charge in [0, 0.05) is 11.8 Å². The summed E-state index contributed by atoms with van der Waals surface area (Å²) in [5, 5.41) is 2.74. The van der Waals surface area contributed by atoms with Gasteiger partial charge < -0.3 is 5.32 Å². The van der Waals surface area contributed by atoms with Crippen LogP contribution in [0, 0.1) is 0 Å². The van der Waals surface area contributed by atoms with E-state index in [2.05, 4.69) is 20.0 Å². The number of anilines is 1. The smallest absolute Gasteiger partial charge is 0.263 e. The first-order chi connectivity index (χ1) is 12.5. The molecule has 3 rings (SSSR count). The van der Waals surface area contributed by atoms with Gasteiger partial charge in [-0.15, -0.1) is 0 Å². The maximum Gasteiger partial charge on any atom is 0.263 e. The van der Waals surface area contributed by atoms with Crippen LogP contribution in [0.25, 0.3) is 0 Å². The number of nitrogens with one attached hydrogen (secondary N) is 2. The lowest BCUT2D eigenvalue weighted by Crippen LogP contribution is -2.31. The third-order valence-corrected chi connectivity index (χ3v) is 5.39. The normalized spacial score (nSPS) is 17.3. The van der Waals surface area contributed by atoms with Crippen molar-refractivity contribution >= 4 is 27.6 Å². The Hall–Kier alpha value is -2.74. The third-order valence-electron chi connectivity index (χ3n) is 4.00. The summed E-state index contributed by atoms with van der Waals surface area (Å²) in [4.78, 5) is 21.3.